The SMILES string of the molecule is COC(=O)CN(CC(=O)Nc1ccccc1SCC(N)=O)Cc1cc(OC)cc(OC)c1. The molecular weight excluding hydrogens is 434 g/mol. The lowest BCUT2D eigenvalue weighted by Crippen LogP contribution is -2.37. The van der Waals surface area contributed by atoms with Crippen molar-refractivity contribution in [1.29, 1.82) is 0 Å². The predicted octanol–water partition coefficient (Wildman–Crippen LogP) is 1.89. The zero-order valence-corrected chi connectivity index (χ0v) is 19.1. The lowest BCUT2D eigenvalue weighted by Gasteiger charge is -2.21. The van der Waals surface area contributed by atoms with Crippen LogP contribution in [0, 0.1) is 0 Å². The van der Waals surface area contributed by atoms with Gasteiger partial charge in [-0.25, -0.2) is 0 Å². The number of ether oxygens (including phenoxy) is 3. The summed E-state index contributed by atoms with van der Waals surface area (Å²) in [7, 11) is 4.39. The van der Waals surface area contributed by atoms with Crippen LogP contribution in [-0.2, 0) is 25.7 Å². The monoisotopic (exact) mass is 461 g/mol. The van der Waals surface area contributed by atoms with Crippen LogP contribution < -0.4 is 20.5 Å². The van der Waals surface area contributed by atoms with E-state index < -0.39 is 11.9 Å². The first kappa shape index (κ1) is 25.0. The standard InChI is InChI=1S/C22H27N3O6S/c1-29-16-8-15(9-17(10-16)30-2)11-25(13-22(28)31-3)12-21(27)24-18-6-4-5-7-19(18)32-14-20(23)26/h4-10H,11-14H2,1-3H3,(H2,23,26)(H,24,27). The minimum atomic E-state index is -0.468. The van der Waals surface area contributed by atoms with Gasteiger partial charge in [0, 0.05) is 17.5 Å². The number of amides is 2. The molecule has 172 valence electrons. The van der Waals surface area contributed by atoms with Gasteiger partial charge in [-0.2, -0.15) is 0 Å². The molecule has 0 aliphatic heterocycles. The number of benzene rings is 2. The highest BCUT2D eigenvalue weighted by molar-refractivity contribution is 8.00. The molecule has 2 aromatic carbocycles. The van der Waals surface area contributed by atoms with Gasteiger partial charge in [0.1, 0.15) is 11.5 Å². The van der Waals surface area contributed by atoms with Crippen molar-refractivity contribution in [3.8, 4) is 11.5 Å². The quantitative estimate of drug-likeness (QED) is 0.363. The van der Waals surface area contributed by atoms with Crippen LogP contribution >= 0.6 is 11.8 Å². The Kier molecular flexibility index (Phi) is 9.83. The summed E-state index contributed by atoms with van der Waals surface area (Å²) in [5, 5.41) is 2.83. The second-order valence-corrected chi connectivity index (χ2v) is 7.76. The third kappa shape index (κ3) is 8.12. The van der Waals surface area contributed by atoms with Crippen molar-refractivity contribution in [3.05, 3.63) is 48.0 Å². The lowest BCUT2D eigenvalue weighted by molar-refractivity contribution is -0.142. The molecule has 0 aromatic heterocycles. The Bertz CT molecular complexity index is 931. The molecule has 10 heteroatoms. The van der Waals surface area contributed by atoms with Gasteiger partial charge in [0.05, 0.1) is 45.9 Å². The topological polar surface area (TPSA) is 120 Å². The molecule has 2 amide bonds. The zero-order chi connectivity index (χ0) is 23.5. The molecule has 3 N–H and O–H groups in total. The fourth-order valence-electron chi connectivity index (χ4n) is 2.87. The molecule has 0 aliphatic rings. The third-order valence-electron chi connectivity index (χ3n) is 4.30. The Morgan fingerprint density at radius 2 is 1.66 bits per heavy atom. The van der Waals surface area contributed by atoms with Crippen molar-refractivity contribution in [2.45, 2.75) is 11.4 Å². The van der Waals surface area contributed by atoms with Crippen LogP contribution in [0.3, 0.4) is 0 Å². The van der Waals surface area contributed by atoms with E-state index in [1.807, 2.05) is 0 Å². The molecule has 2 rings (SSSR count). The fraction of sp³-hybridized carbons (Fsp3) is 0.318. The number of thioether (sulfide) groups is 1. The number of hydrogen-bond acceptors (Lipinski definition) is 8. The molecule has 2 aromatic rings. The van der Waals surface area contributed by atoms with Gasteiger partial charge in [-0.05, 0) is 29.8 Å². The average molecular weight is 462 g/mol. The largest absolute Gasteiger partial charge is 0.497 e. The van der Waals surface area contributed by atoms with Gasteiger partial charge >= 0.3 is 5.97 Å². The number of carbonyl (C=O) groups is 3. The lowest BCUT2D eigenvalue weighted by atomic mass is 10.2. The number of para-hydroxylation sites is 1. The molecule has 0 fully saturated rings. The molecule has 0 radical (unpaired) electrons. The summed E-state index contributed by atoms with van der Waals surface area (Å²) in [6.45, 7) is 0.138. The number of nitrogens with zero attached hydrogens (tertiary/aromatic N) is 1. The molecule has 0 saturated carbocycles. The second-order valence-electron chi connectivity index (χ2n) is 6.74. The van der Waals surface area contributed by atoms with Crippen molar-refractivity contribution in [3.63, 3.8) is 0 Å². The Morgan fingerprint density at radius 1 is 1.00 bits per heavy atom. The number of esters is 1. The molecule has 9 nitrogen and oxygen atoms in total. The first-order valence-corrected chi connectivity index (χ1v) is 10.6. The van der Waals surface area contributed by atoms with Crippen LogP contribution in [0.25, 0.3) is 0 Å². The van der Waals surface area contributed by atoms with Gasteiger partial charge < -0.3 is 25.3 Å². The number of carbonyl (C=O) groups excluding carboxylic acids is 3. The molecule has 0 spiro atoms. The van der Waals surface area contributed by atoms with E-state index in [9.17, 15) is 14.4 Å². The summed E-state index contributed by atoms with van der Waals surface area (Å²) < 4.78 is 15.4. The van der Waals surface area contributed by atoms with Crippen molar-refractivity contribution in [1.82, 2.24) is 4.90 Å². The fourth-order valence-corrected chi connectivity index (χ4v) is 3.62. The van der Waals surface area contributed by atoms with Gasteiger partial charge in [-0.3, -0.25) is 19.3 Å². The van der Waals surface area contributed by atoms with Crippen LogP contribution in [-0.4, -0.2) is 62.9 Å². The smallest absolute Gasteiger partial charge is 0.319 e. The van der Waals surface area contributed by atoms with Gasteiger partial charge in [0.25, 0.3) is 0 Å². The minimum absolute atomic E-state index is 0.0660. The summed E-state index contributed by atoms with van der Waals surface area (Å²) in [5.74, 6) is 0.0541. The van der Waals surface area contributed by atoms with Gasteiger partial charge in [0.2, 0.25) is 11.8 Å². The maximum absolute atomic E-state index is 12.8. The number of hydrogen-bond donors (Lipinski definition) is 2. The highest BCUT2D eigenvalue weighted by atomic mass is 32.2. The number of methoxy groups -OCH3 is 3. The summed E-state index contributed by atoms with van der Waals surface area (Å²) >= 11 is 1.24. The second kappa shape index (κ2) is 12.6. The molecular formula is C22H27N3O6S. The number of anilines is 1. The van der Waals surface area contributed by atoms with Crippen LogP contribution in [0.2, 0.25) is 0 Å². The maximum Gasteiger partial charge on any atom is 0.319 e. The van der Waals surface area contributed by atoms with Crippen LogP contribution in [0.15, 0.2) is 47.4 Å². The van der Waals surface area contributed by atoms with E-state index in [0.29, 0.717) is 17.2 Å². The van der Waals surface area contributed by atoms with E-state index >= 15 is 0 Å². The van der Waals surface area contributed by atoms with Gasteiger partial charge in [-0.15, -0.1) is 11.8 Å². The van der Waals surface area contributed by atoms with E-state index in [4.69, 9.17) is 19.9 Å². The number of nitrogens with one attached hydrogen (secondary N) is 1. The zero-order valence-electron chi connectivity index (χ0n) is 18.3. The third-order valence-corrected chi connectivity index (χ3v) is 5.39. The Hall–Kier alpha value is -3.24. The first-order chi connectivity index (χ1) is 15.3. The molecule has 0 saturated heterocycles. The maximum atomic E-state index is 12.8. The van der Waals surface area contributed by atoms with E-state index in [1.54, 1.807) is 61.6 Å². The first-order valence-electron chi connectivity index (χ1n) is 9.65. The molecule has 32 heavy (non-hydrogen) atoms. The van der Waals surface area contributed by atoms with E-state index in [0.717, 1.165) is 10.5 Å². The Balaban J connectivity index is 2.15. The molecule has 0 atom stereocenters. The van der Waals surface area contributed by atoms with Crippen LogP contribution in [0.5, 0.6) is 11.5 Å². The molecule has 0 aliphatic carbocycles. The molecule has 0 unspecified atom stereocenters. The highest BCUT2D eigenvalue weighted by Crippen LogP contribution is 2.27. The van der Waals surface area contributed by atoms with E-state index in [1.165, 1.54) is 18.9 Å². The van der Waals surface area contributed by atoms with E-state index in [2.05, 4.69) is 5.32 Å². The normalized spacial score (nSPS) is 10.5. The average Bonchev–Trinajstić information content (AvgIpc) is 2.77. The van der Waals surface area contributed by atoms with Crippen molar-refractivity contribution in [2.75, 3.05) is 45.5 Å². The van der Waals surface area contributed by atoms with E-state index in [-0.39, 0.29) is 31.3 Å². The van der Waals surface area contributed by atoms with Crippen molar-refractivity contribution < 1.29 is 28.6 Å². The van der Waals surface area contributed by atoms with Crippen molar-refractivity contribution >= 4 is 35.2 Å². The summed E-state index contributed by atoms with van der Waals surface area (Å²) in [4.78, 5) is 38.1. The predicted molar refractivity (Wildman–Crippen MR) is 122 cm³/mol. The minimum Gasteiger partial charge on any atom is -0.497 e. The number of primary amides is 1. The summed E-state index contributed by atoms with van der Waals surface area (Å²) in [6.07, 6.45) is 0. The summed E-state index contributed by atoms with van der Waals surface area (Å²) in [6, 6.07) is 12.5. The number of rotatable bonds is 12. The van der Waals surface area contributed by atoms with Crippen LogP contribution in [0.1, 0.15) is 5.56 Å². The van der Waals surface area contributed by atoms with Gasteiger partial charge in [0.15, 0.2) is 0 Å². The summed E-state index contributed by atoms with van der Waals surface area (Å²) in [5.41, 5.74) is 6.58. The highest BCUT2D eigenvalue weighted by Gasteiger charge is 2.18. The molecule has 0 heterocycles. The van der Waals surface area contributed by atoms with Gasteiger partial charge in [-0.1, -0.05) is 12.1 Å². The number of nitrogens with two attached hydrogens (primary N) is 1. The van der Waals surface area contributed by atoms with Crippen LogP contribution in [0.4, 0.5) is 5.69 Å². The molecule has 0 bridgehead atoms. The Labute approximate surface area is 191 Å². The Morgan fingerprint density at radius 3 is 2.25 bits per heavy atom. The van der Waals surface area contributed by atoms with Crippen molar-refractivity contribution in [2.24, 2.45) is 5.73 Å².